The Hall–Kier alpha value is -3.42. The number of nitrogens with zero attached hydrogens (tertiary/aromatic N) is 1. The van der Waals surface area contributed by atoms with E-state index < -0.39 is 6.04 Å². The minimum atomic E-state index is -0.653. The van der Waals surface area contributed by atoms with E-state index in [1.165, 1.54) is 31.2 Å². The number of anilines is 1. The Balaban J connectivity index is 1.50. The summed E-state index contributed by atoms with van der Waals surface area (Å²) in [7, 11) is 0. The summed E-state index contributed by atoms with van der Waals surface area (Å²) in [5, 5.41) is 8.48. The van der Waals surface area contributed by atoms with Crippen LogP contribution in [0.15, 0.2) is 54.6 Å². The number of piperidine rings is 1. The molecule has 3 rings (SSSR count). The fraction of sp³-hybridized carbons (Fsp3) is 0.348. The van der Waals surface area contributed by atoms with E-state index in [1.807, 2.05) is 30.3 Å². The fourth-order valence-corrected chi connectivity index (χ4v) is 3.57. The Kier molecular flexibility index (Phi) is 7.59. The molecule has 1 aliphatic heterocycles. The Morgan fingerprint density at radius 3 is 2.29 bits per heavy atom. The monoisotopic (exact) mass is 426 g/mol. The van der Waals surface area contributed by atoms with Crippen LogP contribution in [0.3, 0.4) is 0 Å². The molecule has 1 fully saturated rings. The van der Waals surface area contributed by atoms with Crippen LogP contribution >= 0.6 is 0 Å². The van der Waals surface area contributed by atoms with Gasteiger partial charge in [0.25, 0.3) is 0 Å². The molecule has 2 aromatic carbocycles. The molecule has 8 heteroatoms. The number of benzene rings is 2. The molecule has 0 saturated carbocycles. The third-order valence-corrected chi connectivity index (χ3v) is 5.20. The Bertz CT molecular complexity index is 897. The number of amides is 4. The number of rotatable bonds is 6. The highest BCUT2D eigenvalue weighted by Gasteiger charge is 2.27. The van der Waals surface area contributed by atoms with Gasteiger partial charge in [-0.15, -0.1) is 0 Å². The highest BCUT2D eigenvalue weighted by Crippen LogP contribution is 2.14. The van der Waals surface area contributed by atoms with Crippen LogP contribution in [0.5, 0.6) is 0 Å². The molecule has 2 aromatic rings. The van der Waals surface area contributed by atoms with Gasteiger partial charge in [0.15, 0.2) is 0 Å². The molecule has 1 saturated heterocycles. The molecule has 164 valence electrons. The van der Waals surface area contributed by atoms with Gasteiger partial charge < -0.3 is 20.9 Å². The maximum atomic E-state index is 13.0. The molecule has 31 heavy (non-hydrogen) atoms. The topological polar surface area (TPSA) is 90.5 Å². The van der Waals surface area contributed by atoms with Gasteiger partial charge in [-0.1, -0.05) is 30.3 Å². The van der Waals surface area contributed by atoms with Crippen LogP contribution < -0.4 is 16.0 Å². The summed E-state index contributed by atoms with van der Waals surface area (Å²) in [5.41, 5.74) is 1.49. The number of urea groups is 1. The average molecular weight is 426 g/mol. The number of hydrogen-bond donors (Lipinski definition) is 3. The molecule has 0 aliphatic carbocycles. The second-order valence-corrected chi connectivity index (χ2v) is 7.65. The van der Waals surface area contributed by atoms with Gasteiger partial charge in [-0.3, -0.25) is 9.59 Å². The third kappa shape index (κ3) is 6.80. The number of hydrogen-bond acceptors (Lipinski definition) is 3. The Labute approximate surface area is 181 Å². The van der Waals surface area contributed by atoms with Gasteiger partial charge in [0, 0.05) is 38.2 Å². The van der Waals surface area contributed by atoms with Crippen LogP contribution in [0.1, 0.15) is 25.3 Å². The van der Waals surface area contributed by atoms with Crippen molar-refractivity contribution in [3.8, 4) is 0 Å². The molecule has 7 nitrogen and oxygen atoms in total. The highest BCUT2D eigenvalue weighted by molar-refractivity contribution is 5.89. The highest BCUT2D eigenvalue weighted by atomic mass is 19.1. The van der Waals surface area contributed by atoms with Crippen molar-refractivity contribution >= 4 is 23.5 Å². The first-order chi connectivity index (χ1) is 14.9. The van der Waals surface area contributed by atoms with Crippen molar-refractivity contribution in [3.05, 3.63) is 66.0 Å². The molecular weight excluding hydrogens is 399 g/mol. The van der Waals surface area contributed by atoms with Gasteiger partial charge in [-0.2, -0.15) is 0 Å². The summed E-state index contributed by atoms with van der Waals surface area (Å²) in [5.74, 6) is -0.851. The van der Waals surface area contributed by atoms with Gasteiger partial charge in [-0.05, 0) is 42.7 Å². The maximum absolute atomic E-state index is 13.0. The largest absolute Gasteiger partial charge is 0.351 e. The Morgan fingerprint density at radius 2 is 1.68 bits per heavy atom. The molecule has 0 radical (unpaired) electrons. The van der Waals surface area contributed by atoms with Gasteiger partial charge in [0.1, 0.15) is 11.9 Å². The molecular formula is C23H27FN4O3. The molecule has 0 unspecified atom stereocenters. The summed E-state index contributed by atoms with van der Waals surface area (Å²) in [6.45, 7) is 2.37. The van der Waals surface area contributed by atoms with Crippen molar-refractivity contribution < 1.29 is 18.8 Å². The van der Waals surface area contributed by atoms with Crippen LogP contribution in [0.2, 0.25) is 0 Å². The molecule has 4 amide bonds. The minimum absolute atomic E-state index is 0.0746. The zero-order valence-electron chi connectivity index (χ0n) is 17.4. The van der Waals surface area contributed by atoms with E-state index in [2.05, 4.69) is 16.0 Å². The lowest BCUT2D eigenvalue weighted by atomic mass is 10.0. The minimum Gasteiger partial charge on any atom is -0.351 e. The third-order valence-electron chi connectivity index (χ3n) is 5.20. The quantitative estimate of drug-likeness (QED) is 0.663. The first kappa shape index (κ1) is 22.3. The predicted octanol–water partition coefficient (Wildman–Crippen LogP) is 2.69. The lowest BCUT2D eigenvalue weighted by Crippen LogP contribution is -2.53. The van der Waals surface area contributed by atoms with E-state index in [-0.39, 0.29) is 29.7 Å². The van der Waals surface area contributed by atoms with Crippen molar-refractivity contribution in [2.24, 2.45) is 0 Å². The predicted molar refractivity (Wildman–Crippen MR) is 116 cm³/mol. The van der Waals surface area contributed by atoms with Crippen LogP contribution in [0.25, 0.3) is 0 Å². The van der Waals surface area contributed by atoms with Crippen molar-refractivity contribution in [1.29, 1.82) is 0 Å². The van der Waals surface area contributed by atoms with Crippen molar-refractivity contribution in [1.82, 2.24) is 15.5 Å². The van der Waals surface area contributed by atoms with E-state index in [9.17, 15) is 18.8 Å². The molecule has 3 N–H and O–H groups in total. The summed E-state index contributed by atoms with van der Waals surface area (Å²) < 4.78 is 13.0. The zero-order chi connectivity index (χ0) is 22.2. The van der Waals surface area contributed by atoms with Crippen LogP contribution in [0.4, 0.5) is 14.9 Å². The normalized spacial score (nSPS) is 15.1. The molecule has 1 atom stereocenters. The van der Waals surface area contributed by atoms with E-state index in [0.717, 1.165) is 5.56 Å². The molecule has 0 bridgehead atoms. The lowest BCUT2D eigenvalue weighted by molar-refractivity contribution is -0.128. The number of nitrogens with one attached hydrogen (secondary N) is 3. The second-order valence-electron chi connectivity index (χ2n) is 7.65. The van der Waals surface area contributed by atoms with Gasteiger partial charge in [0.05, 0.1) is 0 Å². The van der Waals surface area contributed by atoms with E-state index in [4.69, 9.17) is 0 Å². The van der Waals surface area contributed by atoms with Crippen LogP contribution in [-0.2, 0) is 16.0 Å². The van der Waals surface area contributed by atoms with Crippen LogP contribution in [0, 0.1) is 5.82 Å². The molecule has 1 heterocycles. The van der Waals surface area contributed by atoms with Gasteiger partial charge in [0.2, 0.25) is 11.8 Å². The number of carbonyl (C=O) groups is 3. The molecule has 1 aliphatic rings. The second kappa shape index (κ2) is 10.6. The van der Waals surface area contributed by atoms with Crippen molar-refractivity contribution in [3.63, 3.8) is 0 Å². The molecule has 0 aromatic heterocycles. The van der Waals surface area contributed by atoms with Crippen molar-refractivity contribution in [2.75, 3.05) is 18.4 Å². The van der Waals surface area contributed by atoms with E-state index in [1.54, 1.807) is 4.90 Å². The summed E-state index contributed by atoms with van der Waals surface area (Å²) in [6.07, 6.45) is 1.63. The van der Waals surface area contributed by atoms with Gasteiger partial charge >= 0.3 is 6.03 Å². The number of halogens is 1. The standard InChI is InChI=1S/C23H27FN4O3/c1-16(29)25-21(15-17-5-3-2-4-6-17)22(30)26-20-11-13-28(14-12-20)23(31)27-19-9-7-18(24)8-10-19/h2-10,20-21H,11-15H2,1H3,(H,25,29)(H,26,30)(H,27,31)/t21-/m1/s1. The van der Waals surface area contributed by atoms with Crippen molar-refractivity contribution in [2.45, 2.75) is 38.3 Å². The Morgan fingerprint density at radius 1 is 1.03 bits per heavy atom. The summed E-state index contributed by atoms with van der Waals surface area (Å²) in [6, 6.07) is 14.1. The van der Waals surface area contributed by atoms with Gasteiger partial charge in [-0.25, -0.2) is 9.18 Å². The van der Waals surface area contributed by atoms with Crippen LogP contribution in [-0.4, -0.2) is 47.9 Å². The smallest absolute Gasteiger partial charge is 0.321 e. The maximum Gasteiger partial charge on any atom is 0.321 e. The van der Waals surface area contributed by atoms with E-state index in [0.29, 0.717) is 38.0 Å². The first-order valence-electron chi connectivity index (χ1n) is 10.3. The summed E-state index contributed by atoms with van der Waals surface area (Å²) in [4.78, 5) is 38.4. The first-order valence-corrected chi connectivity index (χ1v) is 10.3. The SMILES string of the molecule is CC(=O)N[C@H](Cc1ccccc1)C(=O)NC1CCN(C(=O)Nc2ccc(F)cc2)CC1. The fourth-order valence-electron chi connectivity index (χ4n) is 3.57. The van der Waals surface area contributed by atoms with E-state index >= 15 is 0 Å². The molecule has 0 spiro atoms. The number of likely N-dealkylation sites (tertiary alicyclic amines) is 1. The zero-order valence-corrected chi connectivity index (χ0v) is 17.4. The number of carbonyl (C=O) groups excluding carboxylic acids is 3. The lowest BCUT2D eigenvalue weighted by Gasteiger charge is -2.33. The summed E-state index contributed by atoms with van der Waals surface area (Å²) >= 11 is 0. The average Bonchev–Trinajstić information content (AvgIpc) is 2.76.